The van der Waals surface area contributed by atoms with E-state index in [9.17, 15) is 22.4 Å². The predicted octanol–water partition coefficient (Wildman–Crippen LogP) is 6.34. The Hall–Kier alpha value is -4.02. The van der Waals surface area contributed by atoms with Crippen LogP contribution >= 0.6 is 15.9 Å². The third kappa shape index (κ3) is 8.76. The normalized spacial score (nSPS) is 12.3. The van der Waals surface area contributed by atoms with E-state index in [-0.39, 0.29) is 29.5 Å². The molecular formula is C34H35BrFN3O4S. The number of nitrogens with zero attached hydrogens (tertiary/aromatic N) is 2. The van der Waals surface area contributed by atoms with Gasteiger partial charge in [0.1, 0.15) is 18.4 Å². The number of anilines is 1. The van der Waals surface area contributed by atoms with E-state index >= 15 is 0 Å². The summed E-state index contributed by atoms with van der Waals surface area (Å²) in [4.78, 5) is 29.6. The van der Waals surface area contributed by atoms with Gasteiger partial charge in [0.2, 0.25) is 11.8 Å². The maximum Gasteiger partial charge on any atom is 0.264 e. The summed E-state index contributed by atoms with van der Waals surface area (Å²) in [5.74, 6) is -1.53. The first-order valence-corrected chi connectivity index (χ1v) is 16.3. The number of carbonyl (C=O) groups excluding carboxylic acids is 2. The molecule has 230 valence electrons. The lowest BCUT2D eigenvalue weighted by atomic mass is 10.0. The number of hydrogen-bond acceptors (Lipinski definition) is 4. The molecule has 0 bridgehead atoms. The van der Waals surface area contributed by atoms with E-state index < -0.39 is 39.9 Å². The molecule has 1 N–H and O–H groups in total. The molecule has 4 rings (SSSR count). The molecule has 0 saturated heterocycles. The number of sulfonamides is 1. The molecule has 4 aromatic rings. The van der Waals surface area contributed by atoms with Crippen molar-refractivity contribution in [1.29, 1.82) is 0 Å². The fourth-order valence-corrected chi connectivity index (χ4v) is 6.56. The van der Waals surface area contributed by atoms with Gasteiger partial charge in [-0.25, -0.2) is 12.8 Å². The third-order valence-corrected chi connectivity index (χ3v) is 9.02. The van der Waals surface area contributed by atoms with Crippen LogP contribution in [-0.4, -0.2) is 43.3 Å². The predicted molar refractivity (Wildman–Crippen MR) is 174 cm³/mol. The Bertz CT molecular complexity index is 1680. The van der Waals surface area contributed by atoms with Gasteiger partial charge < -0.3 is 10.2 Å². The van der Waals surface area contributed by atoms with Gasteiger partial charge in [-0.15, -0.1) is 0 Å². The minimum atomic E-state index is -4.30. The second-order valence-electron chi connectivity index (χ2n) is 11.4. The molecule has 0 saturated carbocycles. The van der Waals surface area contributed by atoms with Crippen LogP contribution in [0.5, 0.6) is 0 Å². The molecule has 0 spiro atoms. The number of carbonyl (C=O) groups is 2. The number of hydrogen-bond donors (Lipinski definition) is 1. The Labute approximate surface area is 266 Å². The van der Waals surface area contributed by atoms with Crippen LogP contribution in [0.2, 0.25) is 0 Å². The number of nitrogens with one attached hydrogen (secondary N) is 1. The molecule has 7 nitrogen and oxygen atoms in total. The number of para-hydroxylation sites is 1. The van der Waals surface area contributed by atoms with Crippen molar-refractivity contribution in [2.75, 3.05) is 10.8 Å². The van der Waals surface area contributed by atoms with Crippen LogP contribution in [-0.2, 0) is 32.6 Å². The van der Waals surface area contributed by atoms with Crippen LogP contribution in [0.4, 0.5) is 10.1 Å². The Kier molecular flexibility index (Phi) is 10.6. The first-order chi connectivity index (χ1) is 20.8. The Morgan fingerprint density at radius 2 is 1.43 bits per heavy atom. The van der Waals surface area contributed by atoms with E-state index in [0.29, 0.717) is 0 Å². The van der Waals surface area contributed by atoms with Crippen molar-refractivity contribution in [2.24, 2.45) is 0 Å². The van der Waals surface area contributed by atoms with E-state index in [1.165, 1.54) is 17.0 Å². The Balaban J connectivity index is 1.80. The third-order valence-electron chi connectivity index (χ3n) is 6.74. The maximum atomic E-state index is 14.4. The summed E-state index contributed by atoms with van der Waals surface area (Å²) in [6.07, 6.45) is 0.207. The average Bonchev–Trinajstić information content (AvgIpc) is 2.98. The smallest absolute Gasteiger partial charge is 0.264 e. The summed E-state index contributed by atoms with van der Waals surface area (Å²) in [6.45, 7) is 5.03. The van der Waals surface area contributed by atoms with E-state index in [2.05, 4.69) is 21.2 Å². The van der Waals surface area contributed by atoms with Crippen molar-refractivity contribution < 1.29 is 22.4 Å². The van der Waals surface area contributed by atoms with Gasteiger partial charge >= 0.3 is 0 Å². The number of rotatable bonds is 11. The van der Waals surface area contributed by atoms with Crippen LogP contribution in [0.15, 0.2) is 119 Å². The molecule has 0 aliphatic heterocycles. The number of halogens is 2. The molecule has 0 radical (unpaired) electrons. The lowest BCUT2D eigenvalue weighted by Gasteiger charge is -2.35. The molecule has 0 aliphatic carbocycles. The molecule has 0 heterocycles. The summed E-state index contributed by atoms with van der Waals surface area (Å²) < 4.78 is 43.4. The van der Waals surface area contributed by atoms with Crippen LogP contribution in [0, 0.1) is 5.82 Å². The summed E-state index contributed by atoms with van der Waals surface area (Å²) in [5.41, 5.74) is 1.26. The second-order valence-corrected chi connectivity index (χ2v) is 14.2. The summed E-state index contributed by atoms with van der Waals surface area (Å²) >= 11 is 3.48. The monoisotopic (exact) mass is 679 g/mol. The highest BCUT2D eigenvalue weighted by Gasteiger charge is 2.35. The lowest BCUT2D eigenvalue weighted by molar-refractivity contribution is -0.140. The number of amides is 2. The average molecular weight is 681 g/mol. The van der Waals surface area contributed by atoms with Gasteiger partial charge in [-0.2, -0.15) is 0 Å². The molecule has 1 atom stereocenters. The van der Waals surface area contributed by atoms with E-state index in [4.69, 9.17) is 0 Å². The molecule has 0 aliphatic rings. The van der Waals surface area contributed by atoms with Gasteiger partial charge in [0.05, 0.1) is 10.6 Å². The van der Waals surface area contributed by atoms with Gasteiger partial charge in [0, 0.05) is 23.0 Å². The van der Waals surface area contributed by atoms with Crippen molar-refractivity contribution in [2.45, 2.75) is 50.2 Å². The summed E-state index contributed by atoms with van der Waals surface area (Å²) in [5, 5.41) is 3.01. The van der Waals surface area contributed by atoms with Crippen molar-refractivity contribution in [3.05, 3.63) is 131 Å². The summed E-state index contributed by atoms with van der Waals surface area (Å²) in [6, 6.07) is 28.5. The topological polar surface area (TPSA) is 86.8 Å². The quantitative estimate of drug-likeness (QED) is 0.201. The van der Waals surface area contributed by atoms with Crippen molar-refractivity contribution >= 4 is 43.5 Å². The molecule has 0 aromatic heterocycles. The van der Waals surface area contributed by atoms with Gasteiger partial charge in [-0.1, -0.05) is 76.6 Å². The number of benzene rings is 4. The molecule has 0 unspecified atom stereocenters. The van der Waals surface area contributed by atoms with Crippen LogP contribution in [0.25, 0.3) is 0 Å². The van der Waals surface area contributed by atoms with Crippen LogP contribution in [0.1, 0.15) is 31.9 Å². The fraction of sp³-hybridized carbons (Fsp3) is 0.235. The highest BCUT2D eigenvalue weighted by atomic mass is 79.9. The SMILES string of the molecule is CC(C)(C)NC(=O)[C@H](Cc1ccccc1)N(Cc1cccc(Br)c1)C(=O)CN(c1ccccc1)S(=O)(=O)c1ccc(F)cc1. The summed E-state index contributed by atoms with van der Waals surface area (Å²) in [7, 11) is -4.30. The minimum Gasteiger partial charge on any atom is -0.350 e. The van der Waals surface area contributed by atoms with Gasteiger partial charge in [0.25, 0.3) is 10.0 Å². The van der Waals surface area contributed by atoms with Gasteiger partial charge in [-0.05, 0) is 80.4 Å². The molecule has 44 heavy (non-hydrogen) atoms. The second kappa shape index (κ2) is 14.2. The van der Waals surface area contributed by atoms with Gasteiger partial charge in [-0.3, -0.25) is 13.9 Å². The van der Waals surface area contributed by atoms with E-state index in [0.717, 1.165) is 32.0 Å². The lowest BCUT2D eigenvalue weighted by Crippen LogP contribution is -2.56. The zero-order valence-corrected chi connectivity index (χ0v) is 27.2. The van der Waals surface area contributed by atoms with Crippen LogP contribution < -0.4 is 9.62 Å². The molecular weight excluding hydrogens is 645 g/mol. The molecule has 2 amide bonds. The van der Waals surface area contributed by atoms with E-state index in [1.54, 1.807) is 30.3 Å². The first-order valence-electron chi connectivity index (χ1n) is 14.1. The minimum absolute atomic E-state index is 0.0482. The Morgan fingerprint density at radius 1 is 0.841 bits per heavy atom. The van der Waals surface area contributed by atoms with Crippen molar-refractivity contribution in [1.82, 2.24) is 10.2 Å². The van der Waals surface area contributed by atoms with Crippen LogP contribution in [0.3, 0.4) is 0 Å². The first kappa shape index (κ1) is 32.9. The van der Waals surface area contributed by atoms with Crippen molar-refractivity contribution in [3.63, 3.8) is 0 Å². The molecule has 0 fully saturated rings. The van der Waals surface area contributed by atoms with Gasteiger partial charge in [0.15, 0.2) is 0 Å². The highest BCUT2D eigenvalue weighted by molar-refractivity contribution is 9.10. The zero-order valence-electron chi connectivity index (χ0n) is 24.8. The standard InChI is InChI=1S/C34H35BrFN3O4S/c1-34(2,3)37-33(41)31(22-25-11-6-4-7-12-25)38(23-26-13-10-14-27(35)21-26)32(40)24-39(29-15-8-5-9-16-29)44(42,43)30-19-17-28(36)18-20-30/h4-21,31H,22-24H2,1-3H3,(H,37,41)/t31-/m0/s1. The molecule has 4 aromatic carbocycles. The van der Waals surface area contributed by atoms with E-state index in [1.807, 2.05) is 75.4 Å². The zero-order chi connectivity index (χ0) is 31.9. The fourth-order valence-electron chi connectivity index (χ4n) is 4.70. The Morgan fingerprint density at radius 3 is 2.02 bits per heavy atom. The van der Waals surface area contributed by atoms with Crippen molar-refractivity contribution in [3.8, 4) is 0 Å². The molecule has 10 heteroatoms. The largest absolute Gasteiger partial charge is 0.350 e. The maximum absolute atomic E-state index is 14.4. The highest BCUT2D eigenvalue weighted by Crippen LogP contribution is 2.25.